The van der Waals surface area contributed by atoms with Crippen molar-refractivity contribution in [3.8, 4) is 5.75 Å². The number of nitrogens with zero attached hydrogens (tertiary/aromatic N) is 1. The lowest BCUT2D eigenvalue weighted by molar-refractivity contribution is -0.141. The van der Waals surface area contributed by atoms with Crippen LogP contribution in [0.15, 0.2) is 54.6 Å². The van der Waals surface area contributed by atoms with Gasteiger partial charge in [0.1, 0.15) is 5.75 Å². The third-order valence-electron chi connectivity index (χ3n) is 4.59. The van der Waals surface area contributed by atoms with E-state index in [9.17, 15) is 9.59 Å². The summed E-state index contributed by atoms with van der Waals surface area (Å²) in [4.78, 5) is 26.0. The molecule has 0 N–H and O–H groups in total. The van der Waals surface area contributed by atoms with Gasteiger partial charge < -0.3 is 14.4 Å². The van der Waals surface area contributed by atoms with Gasteiger partial charge in [-0.25, -0.2) is 0 Å². The molecule has 0 radical (unpaired) electrons. The molecule has 0 spiro atoms. The van der Waals surface area contributed by atoms with E-state index in [-0.39, 0.29) is 30.3 Å². The van der Waals surface area contributed by atoms with E-state index >= 15 is 0 Å². The van der Waals surface area contributed by atoms with E-state index < -0.39 is 0 Å². The second-order valence-corrected chi connectivity index (χ2v) is 5.98. The van der Waals surface area contributed by atoms with Crippen LogP contribution < -0.4 is 9.64 Å². The Hall–Kier alpha value is -2.82. The number of hydrogen-bond donors (Lipinski definition) is 0. The molecule has 3 rings (SSSR count). The molecule has 130 valence electrons. The zero-order valence-electron chi connectivity index (χ0n) is 14.3. The molecule has 1 heterocycles. The Morgan fingerprint density at radius 3 is 2.32 bits per heavy atom. The number of benzene rings is 2. The van der Waals surface area contributed by atoms with E-state index in [1.54, 1.807) is 12.0 Å². The number of carbonyl (C=O) groups is 2. The Kier molecular flexibility index (Phi) is 5.03. The minimum absolute atomic E-state index is 0.0379. The van der Waals surface area contributed by atoms with Crippen LogP contribution in [0.4, 0.5) is 5.69 Å². The molecule has 0 aromatic heterocycles. The molecule has 0 aliphatic carbocycles. The van der Waals surface area contributed by atoms with E-state index in [0.717, 1.165) is 17.0 Å². The smallest absolute Gasteiger partial charge is 0.305 e. The van der Waals surface area contributed by atoms with Gasteiger partial charge in [0.2, 0.25) is 5.91 Å². The Labute approximate surface area is 147 Å². The Morgan fingerprint density at radius 2 is 1.72 bits per heavy atom. The van der Waals surface area contributed by atoms with Gasteiger partial charge in [-0.05, 0) is 36.2 Å². The topological polar surface area (TPSA) is 55.8 Å². The predicted molar refractivity (Wildman–Crippen MR) is 94.4 cm³/mol. The Morgan fingerprint density at radius 1 is 1.04 bits per heavy atom. The van der Waals surface area contributed by atoms with E-state index in [2.05, 4.69) is 0 Å². The van der Waals surface area contributed by atoms with E-state index in [1.807, 2.05) is 54.6 Å². The second-order valence-electron chi connectivity index (χ2n) is 5.98. The van der Waals surface area contributed by atoms with Gasteiger partial charge in [0.25, 0.3) is 0 Å². The number of esters is 1. The summed E-state index contributed by atoms with van der Waals surface area (Å²) >= 11 is 0. The largest absolute Gasteiger partial charge is 0.497 e. The molecule has 1 fully saturated rings. The SMILES string of the molecule is COC(=O)CC[C@H]1C(=O)N(c2ccccc2)[C@@H]1c1ccc(OC)cc1. The van der Waals surface area contributed by atoms with Gasteiger partial charge in [0.15, 0.2) is 0 Å². The van der Waals surface area contributed by atoms with Crippen molar-refractivity contribution in [3.63, 3.8) is 0 Å². The average molecular weight is 339 g/mol. The van der Waals surface area contributed by atoms with Crippen LogP contribution in [0.3, 0.4) is 0 Å². The summed E-state index contributed by atoms with van der Waals surface area (Å²) in [5.74, 6) is 0.287. The molecule has 5 heteroatoms. The number of para-hydroxylation sites is 1. The highest BCUT2D eigenvalue weighted by Gasteiger charge is 2.48. The fourth-order valence-electron chi connectivity index (χ4n) is 3.26. The average Bonchev–Trinajstić information content (AvgIpc) is 2.66. The minimum atomic E-state index is -0.292. The van der Waals surface area contributed by atoms with Crippen LogP contribution in [0.1, 0.15) is 24.4 Å². The highest BCUT2D eigenvalue weighted by atomic mass is 16.5. The van der Waals surface area contributed by atoms with Gasteiger partial charge >= 0.3 is 5.97 Å². The zero-order chi connectivity index (χ0) is 17.8. The summed E-state index contributed by atoms with van der Waals surface area (Å²) < 4.78 is 9.92. The normalized spacial score (nSPS) is 19.3. The first-order chi connectivity index (χ1) is 12.2. The summed E-state index contributed by atoms with van der Waals surface area (Å²) in [6.45, 7) is 0. The molecular formula is C20H21NO4. The Bertz CT molecular complexity index is 742. The fraction of sp³-hybridized carbons (Fsp3) is 0.300. The summed E-state index contributed by atoms with van der Waals surface area (Å²) in [5.41, 5.74) is 1.89. The molecule has 1 amide bonds. The lowest BCUT2D eigenvalue weighted by atomic mass is 9.79. The third-order valence-corrected chi connectivity index (χ3v) is 4.59. The van der Waals surface area contributed by atoms with Crippen LogP contribution in [0.2, 0.25) is 0 Å². The second kappa shape index (κ2) is 7.38. The van der Waals surface area contributed by atoms with Crippen LogP contribution in [-0.4, -0.2) is 26.1 Å². The molecule has 25 heavy (non-hydrogen) atoms. The molecular weight excluding hydrogens is 318 g/mol. The monoisotopic (exact) mass is 339 g/mol. The molecule has 0 saturated carbocycles. The number of anilines is 1. The van der Waals surface area contributed by atoms with Crippen LogP contribution in [0.25, 0.3) is 0 Å². The van der Waals surface area contributed by atoms with Crippen molar-refractivity contribution in [2.45, 2.75) is 18.9 Å². The van der Waals surface area contributed by atoms with Crippen molar-refractivity contribution in [2.24, 2.45) is 5.92 Å². The molecule has 0 bridgehead atoms. The lowest BCUT2D eigenvalue weighted by Gasteiger charge is -2.47. The quantitative estimate of drug-likeness (QED) is 0.598. The van der Waals surface area contributed by atoms with E-state index in [1.165, 1.54) is 7.11 Å². The maximum Gasteiger partial charge on any atom is 0.305 e. The van der Waals surface area contributed by atoms with Gasteiger partial charge in [-0.15, -0.1) is 0 Å². The first-order valence-electron chi connectivity index (χ1n) is 8.24. The number of ether oxygens (including phenoxy) is 2. The molecule has 2 atom stereocenters. The third kappa shape index (κ3) is 3.36. The maximum atomic E-state index is 12.7. The number of rotatable bonds is 6. The number of carbonyl (C=O) groups excluding carboxylic acids is 2. The van der Waals surface area contributed by atoms with Gasteiger partial charge in [-0.2, -0.15) is 0 Å². The van der Waals surface area contributed by atoms with E-state index in [4.69, 9.17) is 9.47 Å². The van der Waals surface area contributed by atoms with E-state index in [0.29, 0.717) is 6.42 Å². The summed E-state index contributed by atoms with van der Waals surface area (Å²) in [5, 5.41) is 0. The first-order valence-corrected chi connectivity index (χ1v) is 8.24. The van der Waals surface area contributed by atoms with Gasteiger partial charge in [0.05, 0.1) is 26.2 Å². The van der Waals surface area contributed by atoms with Crippen molar-refractivity contribution >= 4 is 17.6 Å². The van der Waals surface area contributed by atoms with Gasteiger partial charge in [-0.3, -0.25) is 9.59 Å². The molecule has 1 saturated heterocycles. The standard InChI is InChI=1S/C20H21NO4/c1-24-16-10-8-14(9-11-16)19-17(12-13-18(22)25-2)20(23)21(19)15-6-4-3-5-7-15/h3-11,17,19H,12-13H2,1-2H3/t17-,19-/m1/s1. The zero-order valence-corrected chi connectivity index (χ0v) is 14.3. The molecule has 2 aromatic rings. The van der Waals surface area contributed by atoms with Crippen LogP contribution in [0, 0.1) is 5.92 Å². The first kappa shape index (κ1) is 17.0. The molecule has 0 unspecified atom stereocenters. The van der Waals surface area contributed by atoms with Crippen molar-refractivity contribution < 1.29 is 19.1 Å². The fourth-order valence-corrected chi connectivity index (χ4v) is 3.26. The highest BCUT2D eigenvalue weighted by Crippen LogP contribution is 2.45. The molecule has 1 aliphatic heterocycles. The summed E-state index contributed by atoms with van der Waals surface area (Å²) in [6, 6.07) is 17.2. The van der Waals surface area contributed by atoms with Crippen LogP contribution in [0.5, 0.6) is 5.75 Å². The maximum absolute atomic E-state index is 12.7. The van der Waals surface area contributed by atoms with Crippen molar-refractivity contribution in [2.75, 3.05) is 19.1 Å². The molecule has 5 nitrogen and oxygen atoms in total. The Balaban J connectivity index is 1.87. The highest BCUT2D eigenvalue weighted by molar-refractivity contribution is 6.03. The van der Waals surface area contributed by atoms with Crippen molar-refractivity contribution in [1.29, 1.82) is 0 Å². The number of amides is 1. The number of hydrogen-bond acceptors (Lipinski definition) is 4. The molecule has 1 aliphatic rings. The van der Waals surface area contributed by atoms with Gasteiger partial charge in [-0.1, -0.05) is 30.3 Å². The summed E-state index contributed by atoms with van der Waals surface area (Å²) in [6.07, 6.45) is 0.716. The molecule has 2 aromatic carbocycles. The van der Waals surface area contributed by atoms with Crippen molar-refractivity contribution in [1.82, 2.24) is 0 Å². The minimum Gasteiger partial charge on any atom is -0.497 e. The number of methoxy groups -OCH3 is 2. The van der Waals surface area contributed by atoms with Crippen molar-refractivity contribution in [3.05, 3.63) is 60.2 Å². The predicted octanol–water partition coefficient (Wildman–Crippen LogP) is 3.35. The van der Waals surface area contributed by atoms with Crippen LogP contribution >= 0.6 is 0 Å². The van der Waals surface area contributed by atoms with Crippen LogP contribution in [-0.2, 0) is 14.3 Å². The summed E-state index contributed by atoms with van der Waals surface area (Å²) in [7, 11) is 2.99. The number of β-lactam (4-membered cyclic amide) rings is 1. The lowest BCUT2D eigenvalue weighted by Crippen LogP contribution is -2.55. The van der Waals surface area contributed by atoms with Gasteiger partial charge in [0, 0.05) is 12.1 Å².